The number of rotatable bonds is 10. The molecule has 6 nitrogen and oxygen atoms in total. The van der Waals surface area contributed by atoms with Gasteiger partial charge in [-0.1, -0.05) is 88.8 Å². The fourth-order valence-corrected chi connectivity index (χ4v) is 11.8. The van der Waals surface area contributed by atoms with Crippen LogP contribution in [-0.4, -0.2) is 42.6 Å². The largest absolute Gasteiger partial charge is 0.460 e. The van der Waals surface area contributed by atoms with Gasteiger partial charge in [0, 0.05) is 17.5 Å². The maximum atomic E-state index is 14.7. The molecule has 2 bridgehead atoms. The van der Waals surface area contributed by atoms with Gasteiger partial charge in [-0.3, -0.25) is 0 Å². The zero-order chi connectivity index (χ0) is 29.3. The number of esters is 1. The zero-order valence-corrected chi connectivity index (χ0v) is 25.8. The molecule has 0 aliphatic heterocycles. The highest BCUT2D eigenvalue weighted by Crippen LogP contribution is 2.67. The average molecular weight is 581 g/mol. The van der Waals surface area contributed by atoms with E-state index in [4.69, 9.17) is 4.74 Å². The quantitative estimate of drug-likeness (QED) is 0.218. The predicted molar refractivity (Wildman–Crippen MR) is 161 cm³/mol. The van der Waals surface area contributed by atoms with Gasteiger partial charge in [-0.2, -0.15) is 9.57 Å². The van der Waals surface area contributed by atoms with Crippen LogP contribution in [0, 0.1) is 28.1 Å². The summed E-state index contributed by atoms with van der Waals surface area (Å²) in [4.78, 5) is 14.0. The second-order valence-corrected chi connectivity index (χ2v) is 15.7. The minimum absolute atomic E-state index is 0.0147. The molecular formula is C34H48N2O4S. The number of ether oxygens (including phenoxy) is 1. The van der Waals surface area contributed by atoms with Gasteiger partial charge in [-0.25, -0.2) is 13.2 Å². The fraction of sp³-hybridized carbons (Fsp3) is 0.706. The number of hydrogen-bond donors (Lipinski definition) is 0. The molecule has 0 N–H and O–H groups in total. The van der Waals surface area contributed by atoms with Crippen molar-refractivity contribution in [3.8, 4) is 6.07 Å². The second kappa shape index (κ2) is 11.8. The summed E-state index contributed by atoms with van der Waals surface area (Å²) in [6.07, 6.45) is 14.0. The van der Waals surface area contributed by atoms with Gasteiger partial charge in [0.1, 0.15) is 6.10 Å². The van der Waals surface area contributed by atoms with Crippen LogP contribution >= 0.6 is 0 Å². The number of hydrogen-bond acceptors (Lipinski definition) is 5. The van der Waals surface area contributed by atoms with Crippen LogP contribution in [0.1, 0.15) is 109 Å². The number of carbonyl (C=O) groups excluding carboxylic acids is 1. The minimum Gasteiger partial charge on any atom is -0.460 e. The molecule has 41 heavy (non-hydrogen) atoms. The molecule has 4 aliphatic rings. The zero-order valence-electron chi connectivity index (χ0n) is 25.0. The minimum atomic E-state index is -3.63. The Balaban J connectivity index is 1.48. The van der Waals surface area contributed by atoms with Crippen LogP contribution in [0.2, 0.25) is 0 Å². The van der Waals surface area contributed by atoms with Crippen LogP contribution in [0.3, 0.4) is 0 Å². The SMILES string of the molecule is C=CC[C@@](C#N)(C(=O)O[C@@H]1C[C@H]2CC[C@]1(CS(=O)(=O)N(C1CCCCC1)C1CCCCC1)C2(C)C)c1ccccc1. The molecule has 0 aromatic heterocycles. The van der Waals surface area contributed by atoms with Crippen molar-refractivity contribution in [3.63, 3.8) is 0 Å². The highest BCUT2D eigenvalue weighted by Gasteiger charge is 2.68. The van der Waals surface area contributed by atoms with E-state index >= 15 is 0 Å². The molecule has 0 radical (unpaired) electrons. The number of benzene rings is 1. The van der Waals surface area contributed by atoms with E-state index in [1.807, 2.05) is 22.5 Å². The van der Waals surface area contributed by atoms with Crippen LogP contribution < -0.4 is 0 Å². The molecule has 1 aromatic carbocycles. The molecule has 4 saturated carbocycles. The number of allylic oxidation sites excluding steroid dienone is 1. The van der Waals surface area contributed by atoms with Gasteiger partial charge in [0.2, 0.25) is 10.0 Å². The third kappa shape index (κ3) is 5.29. The first-order valence-electron chi connectivity index (χ1n) is 15.9. The predicted octanol–water partition coefficient (Wildman–Crippen LogP) is 7.06. The van der Waals surface area contributed by atoms with Crippen molar-refractivity contribution in [1.82, 2.24) is 4.31 Å². The van der Waals surface area contributed by atoms with Crippen LogP contribution in [0.15, 0.2) is 43.0 Å². The number of fused-ring (bicyclic) bond motifs is 2. The highest BCUT2D eigenvalue weighted by molar-refractivity contribution is 7.89. The molecule has 4 fully saturated rings. The molecule has 5 rings (SSSR count). The molecule has 0 amide bonds. The summed E-state index contributed by atoms with van der Waals surface area (Å²) in [7, 11) is -3.63. The van der Waals surface area contributed by atoms with Gasteiger partial charge >= 0.3 is 5.97 Å². The summed E-state index contributed by atoms with van der Waals surface area (Å²) in [6.45, 7) is 8.18. The summed E-state index contributed by atoms with van der Waals surface area (Å²) in [5, 5.41) is 10.4. The first-order chi connectivity index (χ1) is 19.6. The van der Waals surface area contributed by atoms with Crippen molar-refractivity contribution in [2.75, 3.05) is 5.75 Å². The van der Waals surface area contributed by atoms with E-state index < -0.39 is 32.9 Å². The van der Waals surface area contributed by atoms with Gasteiger partial charge in [-0.15, -0.1) is 6.58 Å². The fourth-order valence-electron chi connectivity index (χ4n) is 8.97. The van der Waals surface area contributed by atoms with Gasteiger partial charge in [0.25, 0.3) is 0 Å². The van der Waals surface area contributed by atoms with Crippen molar-refractivity contribution in [1.29, 1.82) is 5.26 Å². The number of carbonyl (C=O) groups is 1. The lowest BCUT2D eigenvalue weighted by Gasteiger charge is -2.46. The first-order valence-corrected chi connectivity index (χ1v) is 17.5. The standard InChI is InChI=1S/C34H48N2O4S/c1-4-21-33(24-35,26-14-8-5-9-15-26)31(37)40-30-23-27-20-22-34(30,32(27,2)3)25-41(38,39)36(28-16-10-6-11-17-28)29-18-12-7-13-19-29/h4-5,8-9,14-15,27-30H,1,6-7,10-13,16-23,25H2,2-3H3/t27-,30-,33+,34-/m1/s1. The van der Waals surface area contributed by atoms with Crippen molar-refractivity contribution >= 4 is 16.0 Å². The van der Waals surface area contributed by atoms with Crippen molar-refractivity contribution in [2.24, 2.45) is 16.7 Å². The Hall–Kier alpha value is -2.17. The molecule has 0 saturated heterocycles. The van der Waals surface area contributed by atoms with Gasteiger partial charge < -0.3 is 4.74 Å². The average Bonchev–Trinajstić information content (AvgIpc) is 3.32. The van der Waals surface area contributed by atoms with E-state index in [2.05, 4.69) is 26.5 Å². The number of nitrogens with zero attached hydrogens (tertiary/aromatic N) is 2. The smallest absolute Gasteiger partial charge is 0.331 e. The van der Waals surface area contributed by atoms with E-state index in [-0.39, 0.29) is 35.6 Å². The van der Waals surface area contributed by atoms with E-state index in [1.54, 1.807) is 18.2 Å². The molecule has 7 heteroatoms. The lowest BCUT2D eigenvalue weighted by Crippen LogP contribution is -2.55. The van der Waals surface area contributed by atoms with Crippen LogP contribution in [0.25, 0.3) is 0 Å². The second-order valence-electron chi connectivity index (χ2n) is 13.8. The van der Waals surface area contributed by atoms with Gasteiger partial charge in [-0.05, 0) is 68.3 Å². The lowest BCUT2D eigenvalue weighted by molar-refractivity contribution is -0.161. The molecule has 0 heterocycles. The molecule has 0 unspecified atom stereocenters. The Morgan fingerprint density at radius 2 is 1.63 bits per heavy atom. The van der Waals surface area contributed by atoms with E-state index in [0.29, 0.717) is 12.0 Å². The summed E-state index contributed by atoms with van der Waals surface area (Å²) in [5.41, 5.74) is -1.90. The monoisotopic (exact) mass is 580 g/mol. The number of nitriles is 1. The summed E-state index contributed by atoms with van der Waals surface area (Å²) < 4.78 is 37.7. The molecule has 0 spiro atoms. The van der Waals surface area contributed by atoms with Crippen molar-refractivity contribution < 1.29 is 17.9 Å². The Morgan fingerprint density at radius 1 is 1.05 bits per heavy atom. The van der Waals surface area contributed by atoms with Crippen molar-refractivity contribution in [3.05, 3.63) is 48.6 Å². The first kappa shape index (κ1) is 30.3. The summed E-state index contributed by atoms with van der Waals surface area (Å²) >= 11 is 0. The third-order valence-electron chi connectivity index (χ3n) is 11.5. The van der Waals surface area contributed by atoms with Gasteiger partial charge in [0.15, 0.2) is 5.41 Å². The molecule has 4 aliphatic carbocycles. The molecule has 224 valence electrons. The van der Waals surface area contributed by atoms with E-state index in [0.717, 1.165) is 64.2 Å². The Morgan fingerprint density at radius 3 is 2.15 bits per heavy atom. The Bertz CT molecular complexity index is 1230. The molecular weight excluding hydrogens is 532 g/mol. The number of sulfonamides is 1. The Kier molecular flexibility index (Phi) is 8.75. The summed E-state index contributed by atoms with van der Waals surface area (Å²) in [6, 6.07) is 11.5. The summed E-state index contributed by atoms with van der Waals surface area (Å²) in [5.74, 6) is -0.297. The van der Waals surface area contributed by atoms with E-state index in [9.17, 15) is 18.5 Å². The van der Waals surface area contributed by atoms with E-state index in [1.165, 1.54) is 12.8 Å². The van der Waals surface area contributed by atoms with Crippen molar-refractivity contribution in [2.45, 2.75) is 127 Å². The van der Waals surface area contributed by atoms with Crippen LogP contribution in [-0.2, 0) is 25.0 Å². The normalized spacial score (nSPS) is 30.0. The molecule has 1 aromatic rings. The highest BCUT2D eigenvalue weighted by atomic mass is 32.2. The van der Waals surface area contributed by atoms with Gasteiger partial charge in [0.05, 0.1) is 11.8 Å². The Labute approximate surface area is 247 Å². The third-order valence-corrected chi connectivity index (χ3v) is 13.6. The lowest BCUT2D eigenvalue weighted by atomic mass is 9.69. The molecule has 4 atom stereocenters. The maximum absolute atomic E-state index is 14.7. The maximum Gasteiger partial charge on any atom is 0.331 e. The van der Waals surface area contributed by atoms with Crippen LogP contribution in [0.5, 0.6) is 0 Å². The topological polar surface area (TPSA) is 87.5 Å². The van der Waals surface area contributed by atoms with Crippen LogP contribution in [0.4, 0.5) is 0 Å².